The molecule has 2 aromatic carbocycles. The van der Waals surface area contributed by atoms with Gasteiger partial charge in [-0.05, 0) is 53.5 Å². The van der Waals surface area contributed by atoms with Crippen molar-refractivity contribution in [3.8, 4) is 11.5 Å². The number of rotatable bonds is 10. The highest BCUT2D eigenvalue weighted by atomic mass is 16.5. The number of carbonyl (C=O) groups excluding carboxylic acids is 1. The van der Waals surface area contributed by atoms with Gasteiger partial charge in [0.25, 0.3) is 0 Å². The van der Waals surface area contributed by atoms with Gasteiger partial charge in [-0.2, -0.15) is 0 Å². The first kappa shape index (κ1) is 25.7. The highest BCUT2D eigenvalue weighted by molar-refractivity contribution is 5.92. The zero-order valence-electron chi connectivity index (χ0n) is 20.6. The van der Waals surface area contributed by atoms with Gasteiger partial charge in [0.15, 0.2) is 0 Å². The van der Waals surface area contributed by atoms with Crippen LogP contribution in [0, 0.1) is 0 Å². The molecule has 176 valence electrons. The van der Waals surface area contributed by atoms with Gasteiger partial charge in [0, 0.05) is 18.2 Å². The Morgan fingerprint density at radius 2 is 1.81 bits per heavy atom. The van der Waals surface area contributed by atoms with Gasteiger partial charge in [0.2, 0.25) is 5.91 Å². The lowest BCUT2D eigenvalue weighted by Gasteiger charge is -2.25. The molecule has 0 aliphatic rings. The van der Waals surface area contributed by atoms with E-state index in [1.54, 1.807) is 21.1 Å². The molecule has 0 spiro atoms. The van der Waals surface area contributed by atoms with Gasteiger partial charge in [-0.3, -0.25) is 4.79 Å². The van der Waals surface area contributed by atoms with Crippen molar-refractivity contribution in [2.24, 2.45) is 0 Å². The van der Waals surface area contributed by atoms with Crippen LogP contribution < -0.4 is 14.8 Å². The van der Waals surface area contributed by atoms with Crippen LogP contribution in [0.15, 0.2) is 36.4 Å². The van der Waals surface area contributed by atoms with E-state index < -0.39 is 6.10 Å². The first-order valence-corrected chi connectivity index (χ1v) is 11.4. The second-order valence-electron chi connectivity index (χ2n) is 9.43. The Morgan fingerprint density at radius 3 is 2.38 bits per heavy atom. The van der Waals surface area contributed by atoms with Crippen LogP contribution in [0.1, 0.15) is 89.0 Å². The molecule has 5 heteroatoms. The molecule has 0 aliphatic heterocycles. The van der Waals surface area contributed by atoms with Crippen LogP contribution in [-0.2, 0) is 10.2 Å². The molecule has 0 aromatic heterocycles. The summed E-state index contributed by atoms with van der Waals surface area (Å²) in [5.74, 6) is 1.46. The summed E-state index contributed by atoms with van der Waals surface area (Å²) in [4.78, 5) is 13.2. The molecule has 2 atom stereocenters. The average molecular weight is 442 g/mol. The number of hydrogen-bond donors (Lipinski definition) is 2. The third-order valence-electron chi connectivity index (χ3n) is 5.83. The minimum atomic E-state index is -0.597. The largest absolute Gasteiger partial charge is 0.497 e. The molecule has 5 nitrogen and oxygen atoms in total. The molecule has 2 unspecified atom stereocenters. The number of nitrogens with one attached hydrogen (secondary N) is 1. The highest BCUT2D eigenvalue weighted by Crippen LogP contribution is 2.37. The minimum absolute atomic E-state index is 0.0360. The number of aliphatic hydroxyl groups is 1. The second kappa shape index (κ2) is 11.4. The van der Waals surface area contributed by atoms with E-state index >= 15 is 0 Å². The standard InChI is InChI=1S/C27H39NO4/c1-8-9-10-20(22-13-12-21(31-6)17-25(22)32-7)16-26(30)28-24-15-19(18(2)29)11-14-23(24)27(3,4)5/h11-15,17-18,20,29H,8-10,16H2,1-7H3,(H,28,30). The third kappa shape index (κ3) is 6.73. The van der Waals surface area contributed by atoms with E-state index in [9.17, 15) is 9.90 Å². The Bertz CT molecular complexity index is 899. The fourth-order valence-electron chi connectivity index (χ4n) is 3.98. The Hall–Kier alpha value is -2.53. The smallest absolute Gasteiger partial charge is 0.224 e. The molecule has 2 aromatic rings. The molecular weight excluding hydrogens is 402 g/mol. The Balaban J connectivity index is 2.33. The predicted molar refractivity (Wildman–Crippen MR) is 131 cm³/mol. The molecule has 1 amide bonds. The molecule has 0 saturated carbocycles. The summed E-state index contributed by atoms with van der Waals surface area (Å²) < 4.78 is 10.9. The minimum Gasteiger partial charge on any atom is -0.497 e. The van der Waals surface area contributed by atoms with Gasteiger partial charge >= 0.3 is 0 Å². The van der Waals surface area contributed by atoms with Crippen LogP contribution in [0.25, 0.3) is 0 Å². The summed E-state index contributed by atoms with van der Waals surface area (Å²) in [5.41, 5.74) is 3.47. The third-order valence-corrected chi connectivity index (χ3v) is 5.83. The maximum absolute atomic E-state index is 13.2. The summed E-state index contributed by atoms with van der Waals surface area (Å²) in [6.45, 7) is 10.2. The molecule has 2 N–H and O–H groups in total. The lowest BCUT2D eigenvalue weighted by Crippen LogP contribution is -2.21. The Morgan fingerprint density at radius 1 is 1.09 bits per heavy atom. The molecule has 2 rings (SSSR count). The van der Waals surface area contributed by atoms with Gasteiger partial charge in [-0.15, -0.1) is 0 Å². The molecule has 32 heavy (non-hydrogen) atoms. The lowest BCUT2D eigenvalue weighted by atomic mass is 9.84. The summed E-state index contributed by atoms with van der Waals surface area (Å²) in [7, 11) is 3.27. The molecule has 0 fully saturated rings. The van der Waals surface area contributed by atoms with Crippen molar-refractivity contribution in [1.29, 1.82) is 0 Å². The normalized spacial score (nSPS) is 13.4. The van der Waals surface area contributed by atoms with Gasteiger partial charge in [-0.1, -0.05) is 58.7 Å². The van der Waals surface area contributed by atoms with Crippen molar-refractivity contribution >= 4 is 11.6 Å². The summed E-state index contributed by atoms with van der Waals surface area (Å²) in [6.07, 6.45) is 2.73. The number of anilines is 1. The zero-order valence-corrected chi connectivity index (χ0v) is 20.6. The second-order valence-corrected chi connectivity index (χ2v) is 9.43. The van der Waals surface area contributed by atoms with Crippen molar-refractivity contribution in [3.05, 3.63) is 53.1 Å². The number of ether oxygens (including phenoxy) is 2. The van der Waals surface area contributed by atoms with Crippen LogP contribution in [0.3, 0.4) is 0 Å². The van der Waals surface area contributed by atoms with Crippen LogP contribution >= 0.6 is 0 Å². The van der Waals surface area contributed by atoms with Crippen molar-refractivity contribution < 1.29 is 19.4 Å². The number of methoxy groups -OCH3 is 2. The van der Waals surface area contributed by atoms with E-state index in [4.69, 9.17) is 9.47 Å². The fraction of sp³-hybridized carbons (Fsp3) is 0.519. The van der Waals surface area contributed by atoms with E-state index in [0.717, 1.165) is 53.1 Å². The number of aliphatic hydroxyl groups excluding tert-OH is 1. The lowest BCUT2D eigenvalue weighted by molar-refractivity contribution is -0.116. The van der Waals surface area contributed by atoms with E-state index in [2.05, 4.69) is 33.0 Å². The van der Waals surface area contributed by atoms with Gasteiger partial charge in [0.1, 0.15) is 11.5 Å². The topological polar surface area (TPSA) is 67.8 Å². The maximum atomic E-state index is 13.2. The van der Waals surface area contributed by atoms with Crippen LogP contribution in [0.4, 0.5) is 5.69 Å². The number of benzene rings is 2. The quantitative estimate of drug-likeness (QED) is 0.450. The van der Waals surface area contributed by atoms with E-state index in [1.165, 1.54) is 0 Å². The summed E-state index contributed by atoms with van der Waals surface area (Å²) in [5, 5.41) is 13.2. The highest BCUT2D eigenvalue weighted by Gasteiger charge is 2.23. The molecule has 0 aliphatic carbocycles. The van der Waals surface area contributed by atoms with Crippen molar-refractivity contribution in [2.45, 2.75) is 77.7 Å². The molecule has 0 heterocycles. The number of hydrogen-bond acceptors (Lipinski definition) is 4. The summed E-state index contributed by atoms with van der Waals surface area (Å²) in [6, 6.07) is 11.6. The number of amides is 1. The van der Waals surface area contributed by atoms with E-state index in [1.807, 2.05) is 36.4 Å². The summed E-state index contributed by atoms with van der Waals surface area (Å²) >= 11 is 0. The van der Waals surface area contributed by atoms with Crippen LogP contribution in [0.2, 0.25) is 0 Å². The van der Waals surface area contributed by atoms with E-state index in [-0.39, 0.29) is 17.2 Å². The fourth-order valence-corrected chi connectivity index (χ4v) is 3.98. The maximum Gasteiger partial charge on any atom is 0.224 e. The number of carbonyl (C=O) groups is 1. The van der Waals surface area contributed by atoms with Gasteiger partial charge in [-0.25, -0.2) is 0 Å². The number of unbranched alkanes of at least 4 members (excludes halogenated alkanes) is 1. The Labute approximate surface area is 193 Å². The zero-order chi connectivity index (χ0) is 23.9. The molecule has 0 radical (unpaired) electrons. The van der Waals surface area contributed by atoms with Crippen molar-refractivity contribution in [3.63, 3.8) is 0 Å². The van der Waals surface area contributed by atoms with Crippen LogP contribution in [-0.4, -0.2) is 25.2 Å². The monoisotopic (exact) mass is 441 g/mol. The van der Waals surface area contributed by atoms with Crippen LogP contribution in [0.5, 0.6) is 11.5 Å². The SMILES string of the molecule is CCCCC(CC(=O)Nc1cc(C(C)O)ccc1C(C)(C)C)c1ccc(OC)cc1OC. The average Bonchev–Trinajstić information content (AvgIpc) is 2.75. The Kier molecular flexibility index (Phi) is 9.14. The predicted octanol–water partition coefficient (Wildman–Crippen LogP) is 6.36. The molecular formula is C27H39NO4. The van der Waals surface area contributed by atoms with Gasteiger partial charge in [0.05, 0.1) is 20.3 Å². The first-order valence-electron chi connectivity index (χ1n) is 11.4. The molecule has 0 bridgehead atoms. The van der Waals surface area contributed by atoms with Gasteiger partial charge < -0.3 is 19.9 Å². The van der Waals surface area contributed by atoms with Crippen molar-refractivity contribution in [1.82, 2.24) is 0 Å². The first-order chi connectivity index (χ1) is 15.1. The van der Waals surface area contributed by atoms with Crippen molar-refractivity contribution in [2.75, 3.05) is 19.5 Å². The molecule has 0 saturated heterocycles. The van der Waals surface area contributed by atoms with E-state index in [0.29, 0.717) is 6.42 Å².